The Morgan fingerprint density at radius 3 is 2.84 bits per heavy atom. The van der Waals surface area contributed by atoms with Gasteiger partial charge in [0.15, 0.2) is 0 Å². The molecule has 2 saturated carbocycles. The third kappa shape index (κ3) is 2.28. The van der Waals surface area contributed by atoms with Crippen LogP contribution in [0.1, 0.15) is 36.0 Å². The van der Waals surface area contributed by atoms with Gasteiger partial charge in [-0.3, -0.25) is 4.79 Å². The van der Waals surface area contributed by atoms with Gasteiger partial charge in [-0.25, -0.2) is 5.43 Å². The molecule has 0 heterocycles. The Bertz CT molecular complexity index is 554. The molecule has 100 valence electrons. The summed E-state index contributed by atoms with van der Waals surface area (Å²) in [6, 6.07) is 3.84. The van der Waals surface area contributed by atoms with E-state index in [2.05, 4.69) is 10.5 Å². The van der Waals surface area contributed by atoms with E-state index >= 15 is 0 Å². The maximum absolute atomic E-state index is 11.9. The second-order valence-corrected chi connectivity index (χ2v) is 5.33. The van der Waals surface area contributed by atoms with Crippen molar-refractivity contribution < 1.29 is 15.0 Å². The number of phenols is 2. The lowest BCUT2D eigenvalue weighted by molar-refractivity contribution is 0.0951. The number of carbonyl (C=O) groups is 1. The molecule has 0 aliphatic heterocycles. The van der Waals surface area contributed by atoms with Crippen molar-refractivity contribution in [2.75, 3.05) is 0 Å². The molecule has 2 bridgehead atoms. The molecule has 3 N–H and O–H groups in total. The standard InChI is InChI=1S/C14H16N2O3/c17-10-3-4-13(18)11(7-10)14(19)16-15-12-6-8-1-2-9(12)5-8/h3-4,7-9,17-18H,1-2,5-6H2,(H,16,19)/b15-12-. The zero-order valence-electron chi connectivity index (χ0n) is 10.5. The van der Waals surface area contributed by atoms with E-state index in [-0.39, 0.29) is 17.1 Å². The molecule has 19 heavy (non-hydrogen) atoms. The van der Waals surface area contributed by atoms with Crippen molar-refractivity contribution in [3.63, 3.8) is 0 Å². The van der Waals surface area contributed by atoms with Gasteiger partial charge < -0.3 is 10.2 Å². The third-order valence-corrected chi connectivity index (χ3v) is 4.04. The summed E-state index contributed by atoms with van der Waals surface area (Å²) in [5.74, 6) is 0.528. The van der Waals surface area contributed by atoms with Crippen LogP contribution in [0.15, 0.2) is 23.3 Å². The van der Waals surface area contributed by atoms with Gasteiger partial charge in [0.2, 0.25) is 0 Å². The molecule has 2 fully saturated rings. The van der Waals surface area contributed by atoms with Crippen LogP contribution < -0.4 is 5.43 Å². The first-order valence-corrected chi connectivity index (χ1v) is 6.52. The summed E-state index contributed by atoms with van der Waals surface area (Å²) >= 11 is 0. The molecule has 2 aliphatic rings. The van der Waals surface area contributed by atoms with Gasteiger partial charge in [0.25, 0.3) is 5.91 Å². The molecular formula is C14H16N2O3. The van der Waals surface area contributed by atoms with E-state index in [1.54, 1.807) is 0 Å². The van der Waals surface area contributed by atoms with Crippen LogP contribution >= 0.6 is 0 Å². The molecule has 5 nitrogen and oxygen atoms in total. The molecule has 5 heteroatoms. The van der Waals surface area contributed by atoms with E-state index in [1.807, 2.05) is 0 Å². The number of nitrogens with one attached hydrogen (secondary N) is 1. The molecule has 2 atom stereocenters. The Labute approximate surface area is 111 Å². The van der Waals surface area contributed by atoms with Crippen molar-refractivity contribution in [3.8, 4) is 11.5 Å². The van der Waals surface area contributed by atoms with E-state index in [4.69, 9.17) is 0 Å². The summed E-state index contributed by atoms with van der Waals surface area (Å²) < 4.78 is 0. The highest BCUT2D eigenvalue weighted by molar-refractivity contribution is 5.98. The smallest absolute Gasteiger partial charge is 0.275 e. The maximum Gasteiger partial charge on any atom is 0.275 e. The lowest BCUT2D eigenvalue weighted by atomic mass is 9.99. The number of hydrazone groups is 1. The lowest BCUT2D eigenvalue weighted by Crippen LogP contribution is -2.22. The first kappa shape index (κ1) is 12.0. The highest BCUT2D eigenvalue weighted by Crippen LogP contribution is 2.42. The molecular weight excluding hydrogens is 244 g/mol. The molecule has 3 rings (SSSR count). The van der Waals surface area contributed by atoms with E-state index < -0.39 is 5.91 Å². The number of rotatable bonds is 2. The minimum atomic E-state index is -0.497. The molecule has 0 saturated heterocycles. The van der Waals surface area contributed by atoms with Gasteiger partial charge in [-0.2, -0.15) is 5.10 Å². The van der Waals surface area contributed by atoms with Gasteiger partial charge in [-0.05, 0) is 55.7 Å². The second kappa shape index (κ2) is 4.57. The predicted molar refractivity (Wildman–Crippen MR) is 70.1 cm³/mol. The molecule has 0 aromatic heterocycles. The van der Waals surface area contributed by atoms with E-state index in [0.29, 0.717) is 5.92 Å². The fourth-order valence-electron chi connectivity index (χ4n) is 3.05. The van der Waals surface area contributed by atoms with Gasteiger partial charge in [0.05, 0.1) is 5.56 Å². The average Bonchev–Trinajstić information content (AvgIpc) is 3.01. The average molecular weight is 260 g/mol. The van der Waals surface area contributed by atoms with Crippen LogP contribution in [0.3, 0.4) is 0 Å². The Morgan fingerprint density at radius 1 is 1.32 bits per heavy atom. The summed E-state index contributed by atoms with van der Waals surface area (Å²) in [7, 11) is 0. The minimum absolute atomic E-state index is 0.0347. The quantitative estimate of drug-likeness (QED) is 0.562. The van der Waals surface area contributed by atoms with Crippen LogP contribution in [-0.2, 0) is 0 Å². The SMILES string of the molecule is O=C(N/N=C1/CC2CCC1C2)c1cc(O)ccc1O. The Balaban J connectivity index is 1.72. The lowest BCUT2D eigenvalue weighted by Gasteiger charge is -2.12. The molecule has 2 aliphatic carbocycles. The van der Waals surface area contributed by atoms with Crippen molar-refractivity contribution in [1.29, 1.82) is 0 Å². The van der Waals surface area contributed by atoms with Gasteiger partial charge in [-0.1, -0.05) is 0 Å². The number of hydrogen-bond donors (Lipinski definition) is 3. The highest BCUT2D eigenvalue weighted by atomic mass is 16.3. The molecule has 2 unspecified atom stereocenters. The summed E-state index contributed by atoms with van der Waals surface area (Å²) in [4.78, 5) is 11.9. The van der Waals surface area contributed by atoms with Crippen LogP contribution in [0, 0.1) is 11.8 Å². The minimum Gasteiger partial charge on any atom is -0.508 e. The Morgan fingerprint density at radius 2 is 2.16 bits per heavy atom. The van der Waals surface area contributed by atoms with E-state index in [0.717, 1.165) is 24.5 Å². The fraction of sp³-hybridized carbons (Fsp3) is 0.429. The van der Waals surface area contributed by atoms with Gasteiger partial charge in [0.1, 0.15) is 11.5 Å². The molecule has 1 amide bonds. The number of fused-ring (bicyclic) bond motifs is 2. The first-order chi connectivity index (χ1) is 9.13. The van der Waals surface area contributed by atoms with Crippen molar-refractivity contribution in [1.82, 2.24) is 5.43 Å². The normalized spacial score (nSPS) is 26.8. The van der Waals surface area contributed by atoms with Crippen LogP contribution in [-0.4, -0.2) is 21.8 Å². The second-order valence-electron chi connectivity index (χ2n) is 5.33. The van der Waals surface area contributed by atoms with Crippen LogP contribution in [0.4, 0.5) is 0 Å². The number of amides is 1. The zero-order valence-corrected chi connectivity index (χ0v) is 10.5. The van der Waals surface area contributed by atoms with Crippen molar-refractivity contribution in [2.45, 2.75) is 25.7 Å². The van der Waals surface area contributed by atoms with Gasteiger partial charge in [0, 0.05) is 5.71 Å². The summed E-state index contributed by atoms with van der Waals surface area (Å²) in [6.07, 6.45) is 4.59. The Hall–Kier alpha value is -2.04. The van der Waals surface area contributed by atoms with E-state index in [9.17, 15) is 15.0 Å². The topological polar surface area (TPSA) is 81.9 Å². The monoisotopic (exact) mass is 260 g/mol. The van der Waals surface area contributed by atoms with Crippen LogP contribution in [0.25, 0.3) is 0 Å². The molecule has 1 aromatic rings. The maximum atomic E-state index is 11.9. The summed E-state index contributed by atoms with van der Waals surface area (Å²) in [6.45, 7) is 0. The molecule has 0 radical (unpaired) electrons. The number of phenolic OH excluding ortho intramolecular Hbond substituents is 2. The number of carbonyl (C=O) groups excluding carboxylic acids is 1. The fourth-order valence-corrected chi connectivity index (χ4v) is 3.05. The summed E-state index contributed by atoms with van der Waals surface area (Å²) in [5, 5.41) is 23.1. The number of aromatic hydroxyl groups is 2. The van der Waals surface area contributed by atoms with Crippen LogP contribution in [0.2, 0.25) is 0 Å². The molecule has 0 spiro atoms. The predicted octanol–water partition coefficient (Wildman–Crippen LogP) is 2.00. The van der Waals surface area contributed by atoms with Gasteiger partial charge >= 0.3 is 0 Å². The molecule has 1 aromatic carbocycles. The largest absolute Gasteiger partial charge is 0.508 e. The van der Waals surface area contributed by atoms with Crippen molar-refractivity contribution >= 4 is 11.6 Å². The highest BCUT2D eigenvalue weighted by Gasteiger charge is 2.36. The van der Waals surface area contributed by atoms with E-state index in [1.165, 1.54) is 31.0 Å². The Kier molecular flexibility index (Phi) is 2.89. The third-order valence-electron chi connectivity index (χ3n) is 4.04. The zero-order chi connectivity index (χ0) is 13.4. The number of nitrogens with zero attached hydrogens (tertiary/aromatic N) is 1. The summed E-state index contributed by atoms with van der Waals surface area (Å²) in [5.41, 5.74) is 3.57. The van der Waals surface area contributed by atoms with Gasteiger partial charge in [-0.15, -0.1) is 0 Å². The number of hydrogen-bond acceptors (Lipinski definition) is 4. The first-order valence-electron chi connectivity index (χ1n) is 6.52. The van der Waals surface area contributed by atoms with Crippen molar-refractivity contribution in [3.05, 3.63) is 23.8 Å². The van der Waals surface area contributed by atoms with Crippen molar-refractivity contribution in [2.24, 2.45) is 16.9 Å². The van der Waals surface area contributed by atoms with Crippen LogP contribution in [0.5, 0.6) is 11.5 Å². The number of benzene rings is 1.